The lowest BCUT2D eigenvalue weighted by atomic mass is 9.96. The van der Waals surface area contributed by atoms with Gasteiger partial charge in [0, 0.05) is 40.4 Å². The predicted molar refractivity (Wildman–Crippen MR) is 172 cm³/mol. The van der Waals surface area contributed by atoms with Crippen LogP contribution in [0.1, 0.15) is 90.8 Å². The van der Waals surface area contributed by atoms with E-state index < -0.39 is 47.4 Å². The molecule has 0 spiro atoms. The molecule has 5 heterocycles. The van der Waals surface area contributed by atoms with Crippen LogP contribution in [0.3, 0.4) is 0 Å². The van der Waals surface area contributed by atoms with Crippen molar-refractivity contribution >= 4 is 52.5 Å². The molecule has 0 radical (unpaired) electrons. The number of thiophene rings is 1. The zero-order valence-electron chi connectivity index (χ0n) is 26.0. The number of hydrogen-bond donors (Lipinski definition) is 3. The van der Waals surface area contributed by atoms with Gasteiger partial charge in [-0.1, -0.05) is 23.7 Å². The van der Waals surface area contributed by atoms with Crippen LogP contribution in [0, 0.1) is 26.6 Å². The molecule has 1 saturated heterocycles. The molecular formula is C33H29ClFN7O5S. The van der Waals surface area contributed by atoms with Gasteiger partial charge in [-0.3, -0.25) is 44.1 Å². The topological polar surface area (TPSA) is 155 Å². The fourth-order valence-corrected chi connectivity index (χ4v) is 7.91. The van der Waals surface area contributed by atoms with E-state index in [2.05, 4.69) is 40.0 Å². The standard InChI is InChI=1S/C33H29ClFN7O5S/c1-14-15(2)48-33-27(14)28(17-4-6-19(34)7-5-17)37-23(29-40-39-16(3)41(29)33)12-26(44)36-13-18-10-20-21(11-22(18)35)32(47)42(31(20)46)24-8-9-25(43)38-30(24)45/h4-7,10-11,23-24,28,37H,8-9,12-13H2,1-3H3,(H,36,44)(H,38,43,45)/t23?,24?,28-/m0/s1. The highest BCUT2D eigenvalue weighted by atomic mass is 35.5. The molecule has 0 aliphatic carbocycles. The van der Waals surface area contributed by atoms with E-state index in [1.54, 1.807) is 11.3 Å². The van der Waals surface area contributed by atoms with Crippen molar-refractivity contribution in [2.45, 2.75) is 64.7 Å². The Bertz CT molecular complexity index is 2060. The minimum atomic E-state index is -1.17. The number of aromatic nitrogens is 3. The summed E-state index contributed by atoms with van der Waals surface area (Å²) in [5.41, 5.74) is 2.86. The van der Waals surface area contributed by atoms with Gasteiger partial charge in [-0.15, -0.1) is 21.5 Å². The zero-order chi connectivity index (χ0) is 34.0. The first-order chi connectivity index (χ1) is 22.9. The van der Waals surface area contributed by atoms with Crippen molar-refractivity contribution in [2.24, 2.45) is 0 Å². The summed E-state index contributed by atoms with van der Waals surface area (Å²) in [6, 6.07) is 7.63. The second-order valence-corrected chi connectivity index (χ2v) is 13.7. The lowest BCUT2D eigenvalue weighted by molar-refractivity contribution is -0.136. The number of fused-ring (bicyclic) bond motifs is 4. The first-order valence-electron chi connectivity index (χ1n) is 15.3. The lowest BCUT2D eigenvalue weighted by Crippen LogP contribution is -2.54. The summed E-state index contributed by atoms with van der Waals surface area (Å²) in [6.07, 6.45) is -0.118. The maximum Gasteiger partial charge on any atom is 0.262 e. The smallest absolute Gasteiger partial charge is 0.262 e. The van der Waals surface area contributed by atoms with Gasteiger partial charge in [0.2, 0.25) is 17.7 Å². The molecule has 2 aromatic carbocycles. The molecule has 3 atom stereocenters. The Morgan fingerprint density at radius 2 is 1.77 bits per heavy atom. The average molecular weight is 690 g/mol. The third kappa shape index (κ3) is 5.29. The Morgan fingerprint density at radius 1 is 1.06 bits per heavy atom. The van der Waals surface area contributed by atoms with E-state index in [4.69, 9.17) is 11.6 Å². The molecule has 2 aromatic heterocycles. The highest BCUT2D eigenvalue weighted by Crippen LogP contribution is 2.43. The summed E-state index contributed by atoms with van der Waals surface area (Å²) in [5.74, 6) is -2.81. The molecule has 2 unspecified atom stereocenters. The Labute approximate surface area is 282 Å². The summed E-state index contributed by atoms with van der Waals surface area (Å²) in [4.78, 5) is 65.6. The van der Waals surface area contributed by atoms with Crippen molar-refractivity contribution < 1.29 is 28.4 Å². The largest absolute Gasteiger partial charge is 0.352 e. The average Bonchev–Trinajstić information content (AvgIpc) is 3.61. The number of nitrogens with zero attached hydrogens (tertiary/aromatic N) is 4. The molecule has 246 valence electrons. The molecule has 7 rings (SSSR count). The third-order valence-electron chi connectivity index (χ3n) is 9.11. The van der Waals surface area contributed by atoms with Crippen LogP contribution in [0.5, 0.6) is 0 Å². The third-order valence-corrected chi connectivity index (χ3v) is 10.6. The molecule has 4 aromatic rings. The van der Waals surface area contributed by atoms with E-state index in [9.17, 15) is 24.0 Å². The molecule has 3 aliphatic heterocycles. The first-order valence-corrected chi connectivity index (χ1v) is 16.5. The van der Waals surface area contributed by atoms with Gasteiger partial charge in [-0.2, -0.15) is 0 Å². The number of amides is 5. The van der Waals surface area contributed by atoms with Gasteiger partial charge < -0.3 is 5.32 Å². The summed E-state index contributed by atoms with van der Waals surface area (Å²) < 4.78 is 17.2. The van der Waals surface area contributed by atoms with E-state index in [0.717, 1.165) is 37.5 Å². The Balaban J connectivity index is 1.13. The Morgan fingerprint density at radius 3 is 2.48 bits per heavy atom. The number of aryl methyl sites for hydroxylation is 2. The van der Waals surface area contributed by atoms with Crippen molar-refractivity contribution in [3.05, 3.63) is 97.1 Å². The number of imide groups is 2. The first kappa shape index (κ1) is 31.8. The molecule has 12 nitrogen and oxygen atoms in total. The van der Waals surface area contributed by atoms with Gasteiger partial charge in [0.1, 0.15) is 22.7 Å². The van der Waals surface area contributed by atoms with E-state index in [0.29, 0.717) is 16.7 Å². The molecule has 3 aliphatic rings. The second kappa shape index (κ2) is 12.0. The van der Waals surface area contributed by atoms with E-state index >= 15 is 4.39 Å². The van der Waals surface area contributed by atoms with Crippen molar-refractivity contribution in [1.29, 1.82) is 0 Å². The fourth-order valence-electron chi connectivity index (χ4n) is 6.54. The molecule has 48 heavy (non-hydrogen) atoms. The number of carbonyl (C=O) groups is 5. The highest BCUT2D eigenvalue weighted by molar-refractivity contribution is 7.14. The summed E-state index contributed by atoms with van der Waals surface area (Å²) in [7, 11) is 0. The maximum absolute atomic E-state index is 15.3. The second-order valence-electron chi connectivity index (χ2n) is 12.1. The zero-order valence-corrected chi connectivity index (χ0v) is 27.6. The Kier molecular flexibility index (Phi) is 7.96. The number of nitrogens with one attached hydrogen (secondary N) is 3. The van der Waals surface area contributed by atoms with Gasteiger partial charge in [0.15, 0.2) is 5.82 Å². The van der Waals surface area contributed by atoms with Gasteiger partial charge in [0.25, 0.3) is 11.8 Å². The molecule has 3 N–H and O–H groups in total. The van der Waals surface area contributed by atoms with E-state index in [-0.39, 0.29) is 48.5 Å². The normalized spacial score (nSPS) is 20.3. The quantitative estimate of drug-likeness (QED) is 0.258. The van der Waals surface area contributed by atoms with Crippen LogP contribution >= 0.6 is 22.9 Å². The monoisotopic (exact) mass is 689 g/mol. The van der Waals surface area contributed by atoms with Crippen LogP contribution in [-0.4, -0.2) is 55.2 Å². The van der Waals surface area contributed by atoms with Gasteiger partial charge >= 0.3 is 0 Å². The van der Waals surface area contributed by atoms with Crippen LogP contribution in [-0.2, 0) is 20.9 Å². The summed E-state index contributed by atoms with van der Waals surface area (Å²) in [5, 5.41) is 18.8. The minimum Gasteiger partial charge on any atom is -0.352 e. The highest BCUT2D eigenvalue weighted by Gasteiger charge is 2.45. The van der Waals surface area contributed by atoms with Gasteiger partial charge in [-0.05, 0) is 62.6 Å². The molecule has 1 fully saturated rings. The minimum absolute atomic E-state index is 0.00599. The molecule has 5 amide bonds. The van der Waals surface area contributed by atoms with Crippen LogP contribution in [0.4, 0.5) is 4.39 Å². The Hall–Kier alpha value is -4.79. The van der Waals surface area contributed by atoms with Crippen molar-refractivity contribution in [2.75, 3.05) is 0 Å². The number of halogens is 2. The maximum atomic E-state index is 15.3. The molecule has 15 heteroatoms. The van der Waals surface area contributed by atoms with E-state index in [1.165, 1.54) is 6.07 Å². The van der Waals surface area contributed by atoms with Gasteiger partial charge in [-0.25, -0.2) is 4.39 Å². The number of benzene rings is 2. The van der Waals surface area contributed by atoms with Crippen LogP contribution in [0.2, 0.25) is 5.02 Å². The van der Waals surface area contributed by atoms with Crippen LogP contribution in [0.15, 0.2) is 36.4 Å². The van der Waals surface area contributed by atoms with Crippen molar-refractivity contribution in [3.8, 4) is 5.00 Å². The number of rotatable bonds is 6. The van der Waals surface area contributed by atoms with Gasteiger partial charge in [0.05, 0.1) is 23.2 Å². The number of hydrogen-bond acceptors (Lipinski definition) is 9. The summed E-state index contributed by atoms with van der Waals surface area (Å²) in [6.45, 7) is 5.72. The molecule has 0 bridgehead atoms. The number of carbonyl (C=O) groups excluding carboxylic acids is 5. The summed E-state index contributed by atoms with van der Waals surface area (Å²) >= 11 is 7.83. The molecule has 0 saturated carbocycles. The lowest BCUT2D eigenvalue weighted by Gasteiger charge is -2.27. The molecular weight excluding hydrogens is 661 g/mol. The van der Waals surface area contributed by atoms with Crippen LogP contribution in [0.25, 0.3) is 5.00 Å². The van der Waals surface area contributed by atoms with Crippen LogP contribution < -0.4 is 16.0 Å². The fraction of sp³-hybridized carbons (Fsp3) is 0.303. The van der Waals surface area contributed by atoms with E-state index in [1.807, 2.05) is 35.8 Å². The van der Waals surface area contributed by atoms with Crippen molar-refractivity contribution in [3.63, 3.8) is 0 Å². The SMILES string of the molecule is Cc1sc2c(c1C)[C@H](c1ccc(Cl)cc1)NC(CC(=O)NCc1cc3c(cc1F)C(=O)N(C1CCC(=O)NC1=O)C3=O)c1nnc(C)n1-2. The predicted octanol–water partition coefficient (Wildman–Crippen LogP) is 3.89. The number of piperidine rings is 1. The van der Waals surface area contributed by atoms with Crippen molar-refractivity contribution in [1.82, 2.24) is 35.6 Å².